The second-order valence-electron chi connectivity index (χ2n) is 8.78. The summed E-state index contributed by atoms with van der Waals surface area (Å²) in [6.45, 7) is 1.11. The van der Waals surface area contributed by atoms with Crippen LogP contribution in [0.1, 0.15) is 21.5 Å². The summed E-state index contributed by atoms with van der Waals surface area (Å²) in [5, 5.41) is 1.84. The van der Waals surface area contributed by atoms with Crippen LogP contribution in [0.4, 0.5) is 0 Å². The van der Waals surface area contributed by atoms with Crippen molar-refractivity contribution in [3.05, 3.63) is 126 Å². The van der Waals surface area contributed by atoms with Crippen molar-refractivity contribution in [2.45, 2.75) is 13.2 Å². The summed E-state index contributed by atoms with van der Waals surface area (Å²) < 4.78 is 13.9. The summed E-state index contributed by atoms with van der Waals surface area (Å²) in [6.07, 6.45) is 1.67. The molecule has 0 bridgehead atoms. The highest BCUT2D eigenvalue weighted by molar-refractivity contribution is 6.18. The molecular formula is C31H24N2O3. The van der Waals surface area contributed by atoms with Crippen LogP contribution in [0.15, 0.2) is 114 Å². The molecule has 0 aliphatic heterocycles. The Labute approximate surface area is 208 Å². The molecule has 0 fully saturated rings. The van der Waals surface area contributed by atoms with Crippen LogP contribution in [0, 0.1) is 0 Å². The molecule has 0 unspecified atom stereocenters. The highest BCUT2D eigenvalue weighted by Gasteiger charge is 2.18. The quantitative estimate of drug-likeness (QED) is 0.278. The van der Waals surface area contributed by atoms with Crippen LogP contribution in [0.5, 0.6) is 5.75 Å². The minimum Gasteiger partial charge on any atom is -0.489 e. The molecule has 2 aromatic heterocycles. The molecule has 0 spiro atoms. The van der Waals surface area contributed by atoms with Gasteiger partial charge in [-0.2, -0.15) is 0 Å². The van der Waals surface area contributed by atoms with E-state index in [4.69, 9.17) is 14.9 Å². The number of rotatable bonds is 7. The lowest BCUT2D eigenvalue weighted by molar-refractivity contribution is 0.100. The van der Waals surface area contributed by atoms with Crippen LogP contribution in [0.3, 0.4) is 0 Å². The zero-order valence-corrected chi connectivity index (χ0v) is 19.6. The molecule has 2 heterocycles. The van der Waals surface area contributed by atoms with Gasteiger partial charge in [0.05, 0.1) is 17.3 Å². The Balaban J connectivity index is 1.44. The van der Waals surface area contributed by atoms with Gasteiger partial charge in [-0.1, -0.05) is 60.7 Å². The molecule has 5 nitrogen and oxygen atoms in total. The van der Waals surface area contributed by atoms with Crippen LogP contribution in [0.25, 0.3) is 33.1 Å². The molecule has 0 saturated heterocycles. The van der Waals surface area contributed by atoms with Gasteiger partial charge in [0.25, 0.3) is 0 Å². The standard InChI is InChI=1S/C31H24N2O3/c32-31(34)26-11-5-12-27-30(26)25-15-14-23(29-13-6-16-35-29)18-28(25)33(27)19-22-9-4-10-24(17-22)36-20-21-7-2-1-3-8-21/h1-18H,19-20H2,(H2,32,34). The number of carbonyl (C=O) groups excluding carboxylic acids is 1. The third-order valence-corrected chi connectivity index (χ3v) is 6.45. The summed E-state index contributed by atoms with van der Waals surface area (Å²) in [5.41, 5.74) is 11.4. The first-order chi connectivity index (χ1) is 17.7. The Bertz CT molecular complexity index is 1680. The molecule has 1 amide bonds. The Morgan fingerprint density at radius 2 is 1.64 bits per heavy atom. The van der Waals surface area contributed by atoms with Gasteiger partial charge < -0.3 is 19.5 Å². The van der Waals surface area contributed by atoms with E-state index in [0.29, 0.717) is 18.7 Å². The number of nitrogens with two attached hydrogens (primary N) is 1. The molecule has 5 heteroatoms. The molecule has 0 atom stereocenters. The van der Waals surface area contributed by atoms with E-state index in [9.17, 15) is 4.79 Å². The monoisotopic (exact) mass is 472 g/mol. The molecule has 2 N–H and O–H groups in total. The van der Waals surface area contributed by atoms with Crippen molar-refractivity contribution in [2.75, 3.05) is 0 Å². The number of primary amides is 1. The topological polar surface area (TPSA) is 70.4 Å². The van der Waals surface area contributed by atoms with Crippen LogP contribution in [-0.4, -0.2) is 10.5 Å². The number of fused-ring (bicyclic) bond motifs is 3. The molecular weight excluding hydrogens is 448 g/mol. The zero-order valence-electron chi connectivity index (χ0n) is 19.6. The smallest absolute Gasteiger partial charge is 0.249 e. The average Bonchev–Trinajstić information content (AvgIpc) is 3.55. The van der Waals surface area contributed by atoms with Crippen molar-refractivity contribution in [3.63, 3.8) is 0 Å². The van der Waals surface area contributed by atoms with E-state index in [1.807, 2.05) is 66.7 Å². The first-order valence-corrected chi connectivity index (χ1v) is 11.8. The van der Waals surface area contributed by atoms with E-state index < -0.39 is 5.91 Å². The summed E-state index contributed by atoms with van der Waals surface area (Å²) in [7, 11) is 0. The van der Waals surface area contributed by atoms with Crippen molar-refractivity contribution in [2.24, 2.45) is 5.73 Å². The van der Waals surface area contributed by atoms with Gasteiger partial charge in [-0.25, -0.2) is 0 Å². The third-order valence-electron chi connectivity index (χ3n) is 6.45. The van der Waals surface area contributed by atoms with E-state index in [-0.39, 0.29) is 0 Å². The van der Waals surface area contributed by atoms with Gasteiger partial charge in [0, 0.05) is 28.4 Å². The lowest BCUT2D eigenvalue weighted by Gasteiger charge is -2.11. The predicted molar refractivity (Wildman–Crippen MR) is 142 cm³/mol. The number of aromatic nitrogens is 1. The highest BCUT2D eigenvalue weighted by Crippen LogP contribution is 2.35. The van der Waals surface area contributed by atoms with Gasteiger partial charge in [-0.05, 0) is 53.6 Å². The summed E-state index contributed by atoms with van der Waals surface area (Å²) in [5.74, 6) is 1.16. The number of carbonyl (C=O) groups is 1. The second-order valence-corrected chi connectivity index (χ2v) is 8.78. The van der Waals surface area contributed by atoms with Crippen molar-refractivity contribution in [1.82, 2.24) is 4.57 Å². The number of hydrogen-bond donors (Lipinski definition) is 1. The summed E-state index contributed by atoms with van der Waals surface area (Å²) >= 11 is 0. The Morgan fingerprint density at radius 3 is 2.44 bits per heavy atom. The fourth-order valence-corrected chi connectivity index (χ4v) is 4.77. The van der Waals surface area contributed by atoms with E-state index in [0.717, 1.165) is 50.0 Å². The van der Waals surface area contributed by atoms with Gasteiger partial charge in [-0.15, -0.1) is 0 Å². The predicted octanol–water partition coefficient (Wildman–Crippen LogP) is 6.78. The third kappa shape index (κ3) is 4.01. The molecule has 0 radical (unpaired) electrons. The van der Waals surface area contributed by atoms with Crippen molar-refractivity contribution in [3.8, 4) is 17.1 Å². The lowest BCUT2D eigenvalue weighted by atomic mass is 10.0. The molecule has 6 rings (SSSR count). The van der Waals surface area contributed by atoms with Gasteiger partial charge >= 0.3 is 0 Å². The minimum atomic E-state index is -0.439. The van der Waals surface area contributed by atoms with Crippen LogP contribution < -0.4 is 10.5 Å². The van der Waals surface area contributed by atoms with Crippen LogP contribution in [0.2, 0.25) is 0 Å². The molecule has 0 aliphatic rings. The maximum absolute atomic E-state index is 12.3. The van der Waals surface area contributed by atoms with E-state index >= 15 is 0 Å². The fourth-order valence-electron chi connectivity index (χ4n) is 4.77. The number of hydrogen-bond acceptors (Lipinski definition) is 3. The molecule has 4 aromatic carbocycles. The number of furan rings is 1. The molecule has 6 aromatic rings. The first kappa shape index (κ1) is 21.7. The SMILES string of the molecule is NC(=O)c1cccc2c1c1ccc(-c3ccco3)cc1n2Cc1cccc(OCc2ccccc2)c1. The van der Waals surface area contributed by atoms with Gasteiger partial charge in [0.15, 0.2) is 0 Å². The average molecular weight is 473 g/mol. The number of nitrogens with zero attached hydrogens (tertiary/aromatic N) is 1. The normalized spacial score (nSPS) is 11.2. The van der Waals surface area contributed by atoms with E-state index in [2.05, 4.69) is 34.9 Å². The minimum absolute atomic E-state index is 0.439. The summed E-state index contributed by atoms with van der Waals surface area (Å²) in [6, 6.07) is 33.9. The number of ether oxygens (including phenoxy) is 1. The van der Waals surface area contributed by atoms with Gasteiger partial charge in [-0.3, -0.25) is 4.79 Å². The first-order valence-electron chi connectivity index (χ1n) is 11.8. The lowest BCUT2D eigenvalue weighted by Crippen LogP contribution is -2.11. The van der Waals surface area contributed by atoms with Crippen LogP contribution in [-0.2, 0) is 13.2 Å². The van der Waals surface area contributed by atoms with Crippen LogP contribution >= 0.6 is 0 Å². The van der Waals surface area contributed by atoms with Gasteiger partial charge in [0.1, 0.15) is 18.1 Å². The largest absolute Gasteiger partial charge is 0.489 e. The maximum Gasteiger partial charge on any atom is 0.249 e. The van der Waals surface area contributed by atoms with E-state index in [1.54, 1.807) is 12.3 Å². The van der Waals surface area contributed by atoms with Crippen molar-refractivity contribution < 1.29 is 13.9 Å². The second kappa shape index (κ2) is 9.12. The van der Waals surface area contributed by atoms with Crippen molar-refractivity contribution >= 4 is 27.7 Å². The number of benzene rings is 4. The molecule has 0 aliphatic carbocycles. The zero-order chi connectivity index (χ0) is 24.5. The van der Waals surface area contributed by atoms with E-state index in [1.165, 1.54) is 0 Å². The Hall–Kier alpha value is -4.77. The number of amides is 1. The molecule has 0 saturated carbocycles. The fraction of sp³-hybridized carbons (Fsp3) is 0.0645. The van der Waals surface area contributed by atoms with Gasteiger partial charge in [0.2, 0.25) is 5.91 Å². The van der Waals surface area contributed by atoms with Crippen molar-refractivity contribution in [1.29, 1.82) is 0 Å². The Kier molecular flexibility index (Phi) is 5.51. The molecule has 36 heavy (non-hydrogen) atoms. The summed E-state index contributed by atoms with van der Waals surface area (Å²) in [4.78, 5) is 12.3. The molecule has 176 valence electrons. The maximum atomic E-state index is 12.3. The Morgan fingerprint density at radius 1 is 0.806 bits per heavy atom. The highest BCUT2D eigenvalue weighted by atomic mass is 16.5.